The molecule has 0 aliphatic carbocycles. The Kier molecular flexibility index (Phi) is 4.31. The summed E-state index contributed by atoms with van der Waals surface area (Å²) in [4.78, 5) is 27.2. The van der Waals surface area contributed by atoms with Crippen LogP contribution >= 0.6 is 0 Å². The van der Waals surface area contributed by atoms with Crippen molar-refractivity contribution in [3.8, 4) is 11.5 Å². The molecular weight excluding hydrogens is 308 g/mol. The first-order valence-electron chi connectivity index (χ1n) is 7.42. The van der Waals surface area contributed by atoms with Gasteiger partial charge in [-0.05, 0) is 37.3 Å². The molecule has 0 aliphatic heterocycles. The maximum atomic E-state index is 12.4. The average molecular weight is 324 g/mol. The molecule has 3 aromatic rings. The number of benzene rings is 1. The second kappa shape index (κ2) is 6.55. The molecule has 6 heteroatoms. The number of para-hydroxylation sites is 1. The molecule has 0 saturated carbocycles. The fourth-order valence-electron chi connectivity index (χ4n) is 2.39. The zero-order valence-corrected chi connectivity index (χ0v) is 12.9. The molecule has 0 fully saturated rings. The Bertz CT molecular complexity index is 911. The molecule has 0 radical (unpaired) electrons. The summed E-state index contributed by atoms with van der Waals surface area (Å²) in [5.74, 6) is -0.0335. The number of H-pyrrole nitrogens is 1. The number of furan rings is 1. The van der Waals surface area contributed by atoms with E-state index in [4.69, 9.17) is 4.42 Å². The minimum atomic E-state index is -0.735. The summed E-state index contributed by atoms with van der Waals surface area (Å²) in [5.41, 5.74) is 0.994. The number of pyridine rings is 1. The zero-order chi connectivity index (χ0) is 17.1. The first-order chi connectivity index (χ1) is 11.6. The lowest BCUT2D eigenvalue weighted by atomic mass is 10.1. The summed E-state index contributed by atoms with van der Waals surface area (Å²) in [5, 5.41) is 12.4. The molecule has 1 atom stereocenters. The monoisotopic (exact) mass is 324 g/mol. The van der Waals surface area contributed by atoms with E-state index in [0.717, 1.165) is 0 Å². The number of nitrogens with one attached hydrogen (secondary N) is 2. The van der Waals surface area contributed by atoms with Crippen LogP contribution in [0.1, 0.15) is 28.9 Å². The third-order valence-electron chi connectivity index (χ3n) is 3.60. The van der Waals surface area contributed by atoms with Crippen LogP contribution in [-0.4, -0.2) is 16.0 Å². The van der Waals surface area contributed by atoms with E-state index in [9.17, 15) is 14.7 Å². The van der Waals surface area contributed by atoms with Gasteiger partial charge in [-0.1, -0.05) is 18.2 Å². The molecule has 0 unspecified atom stereocenters. The number of anilines is 1. The summed E-state index contributed by atoms with van der Waals surface area (Å²) < 4.78 is 5.21. The molecule has 122 valence electrons. The summed E-state index contributed by atoms with van der Waals surface area (Å²) in [6.45, 7) is 1.61. The molecule has 3 rings (SSSR count). The van der Waals surface area contributed by atoms with Crippen molar-refractivity contribution in [1.29, 1.82) is 0 Å². The number of carbonyl (C=O) groups is 1. The molecule has 1 amide bonds. The number of amides is 1. The molecule has 0 bridgehead atoms. The van der Waals surface area contributed by atoms with Gasteiger partial charge in [0.2, 0.25) is 0 Å². The van der Waals surface area contributed by atoms with Crippen LogP contribution in [0.2, 0.25) is 0 Å². The Hall–Kier alpha value is -3.12. The largest absolute Gasteiger partial charge is 0.463 e. The number of aromatic nitrogens is 1. The van der Waals surface area contributed by atoms with Gasteiger partial charge in [0.1, 0.15) is 11.3 Å². The Morgan fingerprint density at radius 3 is 2.62 bits per heavy atom. The van der Waals surface area contributed by atoms with Crippen molar-refractivity contribution in [1.82, 2.24) is 4.98 Å². The zero-order valence-electron chi connectivity index (χ0n) is 12.9. The molecular formula is C18H16N2O4. The van der Waals surface area contributed by atoms with Gasteiger partial charge in [0.25, 0.3) is 11.5 Å². The first-order valence-corrected chi connectivity index (χ1v) is 7.42. The maximum Gasteiger partial charge on any atom is 0.261 e. The third-order valence-corrected chi connectivity index (χ3v) is 3.60. The summed E-state index contributed by atoms with van der Waals surface area (Å²) in [7, 11) is 0. The topological polar surface area (TPSA) is 95.3 Å². The van der Waals surface area contributed by atoms with Gasteiger partial charge in [-0.25, -0.2) is 0 Å². The van der Waals surface area contributed by atoms with Crippen LogP contribution in [0.15, 0.2) is 64.0 Å². The first kappa shape index (κ1) is 15.8. The second-order valence-electron chi connectivity index (χ2n) is 5.31. The summed E-state index contributed by atoms with van der Waals surface area (Å²) in [6.07, 6.45) is 0.766. The molecule has 3 N–H and O–H groups in total. The van der Waals surface area contributed by atoms with Crippen LogP contribution in [0, 0.1) is 0 Å². The predicted molar refractivity (Wildman–Crippen MR) is 89.8 cm³/mol. The van der Waals surface area contributed by atoms with Crippen LogP contribution in [0.5, 0.6) is 0 Å². The van der Waals surface area contributed by atoms with E-state index in [1.807, 2.05) is 0 Å². The maximum absolute atomic E-state index is 12.4. The minimum Gasteiger partial charge on any atom is -0.463 e. The van der Waals surface area contributed by atoms with E-state index in [0.29, 0.717) is 22.7 Å². The number of carbonyl (C=O) groups excluding carboxylic acids is 1. The standard InChI is InChI=1S/C18H16N2O4/c1-11(21)12-5-2-3-6-14(12)19-17(22)13-8-9-15(20-18(13)23)16-7-4-10-24-16/h2-11,21H,1H3,(H,19,22)(H,20,23)/t11-/m1/s1. The van der Waals surface area contributed by atoms with Crippen LogP contribution in [-0.2, 0) is 0 Å². The molecule has 2 heterocycles. The average Bonchev–Trinajstić information content (AvgIpc) is 3.09. The fraction of sp³-hybridized carbons (Fsp3) is 0.111. The quantitative estimate of drug-likeness (QED) is 0.687. The molecule has 24 heavy (non-hydrogen) atoms. The highest BCUT2D eigenvalue weighted by atomic mass is 16.3. The molecule has 6 nitrogen and oxygen atoms in total. The van der Waals surface area contributed by atoms with E-state index < -0.39 is 17.6 Å². The van der Waals surface area contributed by atoms with Crippen molar-refractivity contribution < 1.29 is 14.3 Å². The van der Waals surface area contributed by atoms with Gasteiger partial charge in [-0.3, -0.25) is 9.59 Å². The van der Waals surface area contributed by atoms with Gasteiger partial charge in [0.05, 0.1) is 18.1 Å². The lowest BCUT2D eigenvalue weighted by Crippen LogP contribution is -2.23. The molecule has 0 aliphatic rings. The van der Waals surface area contributed by atoms with Crippen LogP contribution in [0.3, 0.4) is 0 Å². The van der Waals surface area contributed by atoms with Gasteiger partial charge in [0, 0.05) is 11.3 Å². The third kappa shape index (κ3) is 3.13. The lowest BCUT2D eigenvalue weighted by molar-refractivity contribution is 0.102. The number of hydrogen-bond donors (Lipinski definition) is 3. The second-order valence-corrected chi connectivity index (χ2v) is 5.31. The van der Waals surface area contributed by atoms with Crippen LogP contribution in [0.4, 0.5) is 5.69 Å². The Morgan fingerprint density at radius 2 is 1.96 bits per heavy atom. The van der Waals surface area contributed by atoms with E-state index in [1.54, 1.807) is 49.4 Å². The van der Waals surface area contributed by atoms with Crippen LogP contribution in [0.25, 0.3) is 11.5 Å². The highest BCUT2D eigenvalue weighted by Crippen LogP contribution is 2.22. The van der Waals surface area contributed by atoms with Gasteiger partial charge in [-0.15, -0.1) is 0 Å². The van der Waals surface area contributed by atoms with Crippen LogP contribution < -0.4 is 10.9 Å². The highest BCUT2D eigenvalue weighted by Gasteiger charge is 2.15. The normalized spacial score (nSPS) is 11.9. The van der Waals surface area contributed by atoms with Crippen molar-refractivity contribution in [3.63, 3.8) is 0 Å². The van der Waals surface area contributed by atoms with E-state index in [1.165, 1.54) is 12.3 Å². The molecule has 0 spiro atoms. The smallest absolute Gasteiger partial charge is 0.261 e. The van der Waals surface area contributed by atoms with Gasteiger partial charge >= 0.3 is 0 Å². The lowest BCUT2D eigenvalue weighted by Gasteiger charge is -2.12. The van der Waals surface area contributed by atoms with Gasteiger partial charge < -0.3 is 19.8 Å². The van der Waals surface area contributed by atoms with Crippen molar-refractivity contribution in [2.45, 2.75) is 13.0 Å². The number of aromatic amines is 1. The number of hydrogen-bond acceptors (Lipinski definition) is 4. The van der Waals surface area contributed by atoms with Crippen molar-refractivity contribution in [3.05, 3.63) is 76.3 Å². The Labute approximate surface area is 137 Å². The minimum absolute atomic E-state index is 0.0225. The molecule has 2 aromatic heterocycles. The SMILES string of the molecule is C[C@@H](O)c1ccccc1NC(=O)c1ccc(-c2ccco2)[nH]c1=O. The molecule has 1 aromatic carbocycles. The fourth-order valence-corrected chi connectivity index (χ4v) is 2.39. The van der Waals surface area contributed by atoms with E-state index in [2.05, 4.69) is 10.3 Å². The van der Waals surface area contributed by atoms with Gasteiger partial charge in [-0.2, -0.15) is 0 Å². The predicted octanol–water partition coefficient (Wildman–Crippen LogP) is 2.94. The number of rotatable bonds is 4. The van der Waals surface area contributed by atoms with Crippen molar-refractivity contribution >= 4 is 11.6 Å². The van der Waals surface area contributed by atoms with Crippen molar-refractivity contribution in [2.75, 3.05) is 5.32 Å². The summed E-state index contributed by atoms with van der Waals surface area (Å²) >= 11 is 0. The number of aliphatic hydroxyl groups excluding tert-OH is 1. The van der Waals surface area contributed by atoms with Crippen molar-refractivity contribution in [2.24, 2.45) is 0 Å². The Balaban J connectivity index is 1.88. The van der Waals surface area contributed by atoms with E-state index >= 15 is 0 Å². The molecule has 0 saturated heterocycles. The van der Waals surface area contributed by atoms with Gasteiger partial charge in [0.15, 0.2) is 0 Å². The van der Waals surface area contributed by atoms with E-state index in [-0.39, 0.29) is 5.56 Å². The number of aliphatic hydroxyl groups is 1. The summed E-state index contributed by atoms with van der Waals surface area (Å²) in [6, 6.07) is 13.4. The highest BCUT2D eigenvalue weighted by molar-refractivity contribution is 6.04. The Morgan fingerprint density at radius 1 is 1.17 bits per heavy atom.